The lowest BCUT2D eigenvalue weighted by Crippen LogP contribution is -2.44. The molecule has 0 bridgehead atoms. The molecule has 1 aliphatic heterocycles. The molecule has 1 amide bonds. The van der Waals surface area contributed by atoms with Crippen molar-refractivity contribution in [3.63, 3.8) is 0 Å². The molecule has 2 aromatic carbocycles. The summed E-state index contributed by atoms with van der Waals surface area (Å²) in [5.74, 6) is -2.81. The maximum Gasteiger partial charge on any atom is 0.319 e. The summed E-state index contributed by atoms with van der Waals surface area (Å²) in [6.45, 7) is 0. The van der Waals surface area contributed by atoms with Crippen molar-refractivity contribution in [3.05, 3.63) is 86.4 Å². The molecule has 1 heterocycles. The molecule has 0 fully saturated rings. The number of rotatable bonds is 6. The van der Waals surface area contributed by atoms with Gasteiger partial charge < -0.3 is 10.1 Å². The minimum Gasteiger partial charge on any atom is -0.468 e. The number of non-ortho nitro benzene ring substituents is 1. The Morgan fingerprint density at radius 2 is 1.90 bits per heavy atom. The summed E-state index contributed by atoms with van der Waals surface area (Å²) < 4.78 is 4.81. The van der Waals surface area contributed by atoms with E-state index in [9.17, 15) is 25.0 Å². The van der Waals surface area contributed by atoms with Gasteiger partial charge in [-0.3, -0.25) is 19.7 Å². The summed E-state index contributed by atoms with van der Waals surface area (Å²) in [6, 6.07) is 17.0. The van der Waals surface area contributed by atoms with Gasteiger partial charge in [0.15, 0.2) is 0 Å². The predicted octanol–water partition coefficient (Wildman–Crippen LogP) is 3.27. The van der Waals surface area contributed by atoms with Crippen LogP contribution >= 0.6 is 11.8 Å². The number of methoxy groups -OCH3 is 1. The topological polar surface area (TPSA) is 122 Å². The first-order valence-electron chi connectivity index (χ1n) is 8.90. The maximum absolute atomic E-state index is 12.7. The number of amides is 1. The van der Waals surface area contributed by atoms with E-state index in [0.29, 0.717) is 16.3 Å². The molecule has 1 aliphatic rings. The number of nitriles is 1. The minimum atomic E-state index is -1.17. The van der Waals surface area contributed by atoms with Crippen LogP contribution in [-0.2, 0) is 20.1 Å². The number of carbonyl (C=O) groups is 2. The third-order valence-electron chi connectivity index (χ3n) is 4.67. The van der Waals surface area contributed by atoms with E-state index >= 15 is 0 Å². The van der Waals surface area contributed by atoms with Crippen molar-refractivity contribution < 1.29 is 19.2 Å². The van der Waals surface area contributed by atoms with Crippen molar-refractivity contribution in [2.75, 3.05) is 7.11 Å². The summed E-state index contributed by atoms with van der Waals surface area (Å²) in [5.41, 5.74) is 1.70. The Morgan fingerprint density at radius 3 is 2.47 bits per heavy atom. The van der Waals surface area contributed by atoms with Gasteiger partial charge in [-0.25, -0.2) is 0 Å². The van der Waals surface area contributed by atoms with Gasteiger partial charge in [0, 0.05) is 23.8 Å². The maximum atomic E-state index is 12.7. The van der Waals surface area contributed by atoms with Gasteiger partial charge in [0.25, 0.3) is 5.69 Å². The Morgan fingerprint density at radius 1 is 1.23 bits per heavy atom. The predicted molar refractivity (Wildman–Crippen MR) is 110 cm³/mol. The smallest absolute Gasteiger partial charge is 0.319 e. The zero-order valence-electron chi connectivity index (χ0n) is 15.9. The largest absolute Gasteiger partial charge is 0.468 e. The van der Waals surface area contributed by atoms with Gasteiger partial charge in [0.1, 0.15) is 5.92 Å². The molecule has 0 spiro atoms. The molecule has 0 aromatic heterocycles. The highest BCUT2D eigenvalue weighted by Crippen LogP contribution is 2.40. The minimum absolute atomic E-state index is 0.0169. The van der Waals surface area contributed by atoms with Crippen molar-refractivity contribution in [3.8, 4) is 6.07 Å². The number of nitro groups is 1. The molecule has 30 heavy (non-hydrogen) atoms. The van der Waals surface area contributed by atoms with Crippen LogP contribution in [0.2, 0.25) is 0 Å². The van der Waals surface area contributed by atoms with E-state index in [0.717, 1.165) is 5.56 Å². The zero-order chi connectivity index (χ0) is 21.7. The fraction of sp³-hybridized carbons (Fsp3) is 0.190. The monoisotopic (exact) mass is 423 g/mol. The van der Waals surface area contributed by atoms with Crippen LogP contribution in [0, 0.1) is 27.4 Å². The normalized spacial score (nSPS) is 18.3. The molecule has 1 N–H and O–H groups in total. The number of nitrogens with one attached hydrogen (secondary N) is 1. The number of esters is 1. The highest BCUT2D eigenvalue weighted by atomic mass is 32.2. The molecule has 3 rings (SSSR count). The summed E-state index contributed by atoms with van der Waals surface area (Å²) in [6.07, 6.45) is 0. The van der Waals surface area contributed by atoms with Gasteiger partial charge in [0.05, 0.1) is 28.7 Å². The van der Waals surface area contributed by atoms with Gasteiger partial charge in [-0.1, -0.05) is 42.5 Å². The van der Waals surface area contributed by atoms with E-state index in [4.69, 9.17) is 4.74 Å². The number of benzene rings is 2. The number of carbonyl (C=O) groups excluding carboxylic acids is 2. The lowest BCUT2D eigenvalue weighted by Gasteiger charge is -2.31. The quantitative estimate of drug-likeness (QED) is 0.327. The number of nitrogens with zero attached hydrogens (tertiary/aromatic N) is 2. The van der Waals surface area contributed by atoms with E-state index in [-0.39, 0.29) is 11.3 Å². The molecule has 0 aliphatic carbocycles. The van der Waals surface area contributed by atoms with E-state index < -0.39 is 28.6 Å². The molecular weight excluding hydrogens is 406 g/mol. The van der Waals surface area contributed by atoms with Crippen LogP contribution in [0.25, 0.3) is 0 Å². The molecule has 0 saturated heterocycles. The Bertz CT molecular complexity index is 1040. The Balaban J connectivity index is 1.94. The highest BCUT2D eigenvalue weighted by molar-refractivity contribution is 8.02. The standard InChI is InChI=1S/C21H17N3O5S/c1-29-21(26)18-17(14-5-3-2-4-6-14)16(11-22)20(23-19(18)25)30-12-13-7-9-15(10-8-13)24(27)28/h2-10,17-18H,12H2,1H3,(H,23,25)/t17-,18+/m1/s1. The number of thioether (sulfide) groups is 1. The molecule has 0 unspecified atom stereocenters. The van der Waals surface area contributed by atoms with Crippen molar-refractivity contribution >= 4 is 29.3 Å². The number of ether oxygens (including phenoxy) is 1. The lowest BCUT2D eigenvalue weighted by molar-refractivity contribution is -0.384. The van der Waals surface area contributed by atoms with Crippen LogP contribution < -0.4 is 5.32 Å². The van der Waals surface area contributed by atoms with Crippen molar-refractivity contribution in [1.82, 2.24) is 5.32 Å². The van der Waals surface area contributed by atoms with E-state index in [2.05, 4.69) is 11.4 Å². The Hall–Kier alpha value is -3.64. The SMILES string of the molecule is COC(=O)[C@@H]1C(=O)NC(SCc2ccc([N+](=O)[O-])cc2)=C(C#N)[C@H]1c1ccccc1. The van der Waals surface area contributed by atoms with Crippen LogP contribution in [-0.4, -0.2) is 23.9 Å². The Labute approximate surface area is 176 Å². The van der Waals surface area contributed by atoms with Gasteiger partial charge in [0.2, 0.25) is 5.91 Å². The molecule has 2 aromatic rings. The molecular formula is C21H17N3O5S. The summed E-state index contributed by atoms with van der Waals surface area (Å²) in [7, 11) is 1.20. The van der Waals surface area contributed by atoms with Gasteiger partial charge in [-0.15, -0.1) is 11.8 Å². The number of hydrogen-bond acceptors (Lipinski definition) is 7. The number of nitro benzene ring substituents is 1. The average molecular weight is 423 g/mol. The second kappa shape index (κ2) is 9.24. The fourth-order valence-corrected chi connectivity index (χ4v) is 4.21. The first-order valence-corrected chi connectivity index (χ1v) is 9.89. The summed E-state index contributed by atoms with van der Waals surface area (Å²) >= 11 is 1.22. The van der Waals surface area contributed by atoms with Crippen molar-refractivity contribution in [1.29, 1.82) is 5.26 Å². The fourth-order valence-electron chi connectivity index (χ4n) is 3.21. The van der Waals surface area contributed by atoms with Crippen LogP contribution in [0.4, 0.5) is 5.69 Å². The third-order valence-corrected chi connectivity index (χ3v) is 5.76. The van der Waals surface area contributed by atoms with Crippen molar-refractivity contribution in [2.45, 2.75) is 11.7 Å². The molecule has 8 nitrogen and oxygen atoms in total. The van der Waals surface area contributed by atoms with E-state index in [1.165, 1.54) is 31.0 Å². The van der Waals surface area contributed by atoms with E-state index in [1.807, 2.05) is 0 Å². The molecule has 152 valence electrons. The third kappa shape index (κ3) is 4.34. The van der Waals surface area contributed by atoms with Gasteiger partial charge >= 0.3 is 5.97 Å². The summed E-state index contributed by atoms with van der Waals surface area (Å²) in [4.78, 5) is 35.4. The molecule has 2 atom stereocenters. The molecule has 0 radical (unpaired) electrons. The van der Waals surface area contributed by atoms with Crippen LogP contribution in [0.15, 0.2) is 65.2 Å². The number of allylic oxidation sites excluding steroid dienone is 1. The first kappa shape index (κ1) is 21.1. The second-order valence-corrected chi connectivity index (χ2v) is 7.43. The molecule has 9 heteroatoms. The van der Waals surface area contributed by atoms with Crippen LogP contribution in [0.5, 0.6) is 0 Å². The van der Waals surface area contributed by atoms with Crippen molar-refractivity contribution in [2.24, 2.45) is 5.92 Å². The average Bonchev–Trinajstić information content (AvgIpc) is 2.77. The summed E-state index contributed by atoms with van der Waals surface area (Å²) in [5, 5.41) is 23.6. The van der Waals surface area contributed by atoms with Crippen LogP contribution in [0.3, 0.4) is 0 Å². The Kier molecular flexibility index (Phi) is 6.49. The van der Waals surface area contributed by atoms with Gasteiger partial charge in [-0.05, 0) is 11.1 Å². The first-order chi connectivity index (χ1) is 14.5. The van der Waals surface area contributed by atoms with E-state index in [1.54, 1.807) is 42.5 Å². The molecule has 0 saturated carbocycles. The zero-order valence-corrected chi connectivity index (χ0v) is 16.7. The second-order valence-electron chi connectivity index (χ2n) is 6.45. The van der Waals surface area contributed by atoms with Crippen LogP contribution in [0.1, 0.15) is 17.0 Å². The highest BCUT2D eigenvalue weighted by Gasteiger charge is 2.44. The number of hydrogen-bond donors (Lipinski definition) is 1. The lowest BCUT2D eigenvalue weighted by atomic mass is 9.78. The van der Waals surface area contributed by atoms with Gasteiger partial charge in [-0.2, -0.15) is 5.26 Å².